The van der Waals surface area contributed by atoms with Crippen LogP contribution in [0.5, 0.6) is 11.5 Å². The topological polar surface area (TPSA) is 84.9 Å². The minimum absolute atomic E-state index is 0.224. The van der Waals surface area contributed by atoms with Crippen molar-refractivity contribution in [2.24, 2.45) is 0 Å². The first-order valence-electron chi connectivity index (χ1n) is 10.5. The fraction of sp³-hybridized carbons (Fsp3) is 0.435. The number of sulfonamides is 1. The molecule has 31 heavy (non-hydrogen) atoms. The van der Waals surface area contributed by atoms with E-state index in [4.69, 9.17) is 9.47 Å². The number of nitrogens with zero attached hydrogens (tertiary/aromatic N) is 1. The lowest BCUT2D eigenvalue weighted by Crippen LogP contribution is -2.31. The van der Waals surface area contributed by atoms with E-state index in [2.05, 4.69) is 5.32 Å². The largest absolute Gasteiger partial charge is 0.497 e. The van der Waals surface area contributed by atoms with E-state index < -0.39 is 10.0 Å². The minimum atomic E-state index is -3.45. The summed E-state index contributed by atoms with van der Waals surface area (Å²) in [7, 11) is -0.376. The summed E-state index contributed by atoms with van der Waals surface area (Å²) in [5, 5.41) is 2.88. The number of carbonyl (C=O) groups excluding carboxylic acids is 1. The molecule has 8 heteroatoms. The molecule has 1 aliphatic rings. The van der Waals surface area contributed by atoms with E-state index in [1.165, 1.54) is 14.2 Å². The van der Waals surface area contributed by atoms with Gasteiger partial charge in [0.2, 0.25) is 10.0 Å². The van der Waals surface area contributed by atoms with Gasteiger partial charge < -0.3 is 14.8 Å². The van der Waals surface area contributed by atoms with Crippen LogP contribution >= 0.6 is 0 Å². The molecule has 0 aliphatic carbocycles. The molecule has 0 atom stereocenters. The van der Waals surface area contributed by atoms with E-state index in [0.717, 1.165) is 31.2 Å². The summed E-state index contributed by atoms with van der Waals surface area (Å²) < 4.78 is 37.7. The highest BCUT2D eigenvalue weighted by molar-refractivity contribution is 7.89. The third-order valence-electron chi connectivity index (χ3n) is 5.44. The number of rotatable bonds is 8. The predicted molar refractivity (Wildman–Crippen MR) is 119 cm³/mol. The molecule has 1 heterocycles. The minimum Gasteiger partial charge on any atom is -0.497 e. The van der Waals surface area contributed by atoms with Gasteiger partial charge in [0.1, 0.15) is 11.5 Å². The second kappa shape index (κ2) is 10.6. The van der Waals surface area contributed by atoms with Crippen LogP contribution in [0.15, 0.2) is 47.4 Å². The number of carbonyl (C=O) groups is 1. The van der Waals surface area contributed by atoms with Gasteiger partial charge in [-0.1, -0.05) is 25.0 Å². The predicted octanol–water partition coefficient (Wildman–Crippen LogP) is 3.24. The monoisotopic (exact) mass is 446 g/mol. The van der Waals surface area contributed by atoms with Crippen molar-refractivity contribution < 1.29 is 22.7 Å². The molecule has 2 aromatic rings. The fourth-order valence-corrected chi connectivity index (χ4v) is 5.14. The number of benzene rings is 2. The average Bonchev–Trinajstić information content (AvgIpc) is 3.09. The van der Waals surface area contributed by atoms with Gasteiger partial charge in [0, 0.05) is 31.3 Å². The normalized spacial score (nSPS) is 15.2. The molecule has 0 aromatic heterocycles. The van der Waals surface area contributed by atoms with Crippen LogP contribution in [0.1, 0.15) is 41.6 Å². The maximum Gasteiger partial charge on any atom is 0.251 e. The maximum atomic E-state index is 12.9. The molecule has 3 rings (SSSR count). The standard InChI is InChI=1S/C23H30N2O5S/c1-29-20-15-19(16-21(17-20)30-2)23(26)24-12-11-18-7-9-22(10-8-18)31(27,28)25-13-5-3-4-6-14-25/h7-10,15-17H,3-6,11-14H2,1-2H3,(H,24,26). The highest BCUT2D eigenvalue weighted by Gasteiger charge is 2.24. The van der Waals surface area contributed by atoms with Gasteiger partial charge >= 0.3 is 0 Å². The van der Waals surface area contributed by atoms with Crippen LogP contribution in [0, 0.1) is 0 Å². The van der Waals surface area contributed by atoms with Crippen molar-refractivity contribution >= 4 is 15.9 Å². The molecule has 0 spiro atoms. The molecule has 1 aliphatic heterocycles. The van der Waals surface area contributed by atoms with Crippen molar-refractivity contribution in [2.45, 2.75) is 37.0 Å². The number of hydrogen-bond acceptors (Lipinski definition) is 5. The lowest BCUT2D eigenvalue weighted by molar-refractivity contribution is 0.0953. The van der Waals surface area contributed by atoms with Crippen LogP contribution < -0.4 is 14.8 Å². The molecule has 1 fully saturated rings. The van der Waals surface area contributed by atoms with Crippen LogP contribution in [0.2, 0.25) is 0 Å². The summed E-state index contributed by atoms with van der Waals surface area (Å²) in [5.41, 5.74) is 1.41. The molecule has 0 radical (unpaired) electrons. The van der Waals surface area contributed by atoms with Crippen LogP contribution in [-0.4, -0.2) is 52.5 Å². The number of amides is 1. The third-order valence-corrected chi connectivity index (χ3v) is 7.35. The van der Waals surface area contributed by atoms with Crippen molar-refractivity contribution in [1.82, 2.24) is 9.62 Å². The number of nitrogens with one attached hydrogen (secondary N) is 1. The van der Waals surface area contributed by atoms with Gasteiger partial charge in [-0.3, -0.25) is 4.79 Å². The Bertz CT molecular complexity index is 959. The highest BCUT2D eigenvalue weighted by atomic mass is 32.2. The van der Waals surface area contributed by atoms with E-state index in [1.54, 1.807) is 34.6 Å². The summed E-state index contributed by atoms with van der Waals surface area (Å²) in [4.78, 5) is 12.8. The lowest BCUT2D eigenvalue weighted by Gasteiger charge is -2.20. The number of ether oxygens (including phenoxy) is 2. The van der Waals surface area contributed by atoms with Crippen molar-refractivity contribution in [3.8, 4) is 11.5 Å². The Labute approximate surface area is 184 Å². The fourth-order valence-electron chi connectivity index (χ4n) is 3.62. The van der Waals surface area contributed by atoms with Gasteiger partial charge in [0.25, 0.3) is 5.91 Å². The van der Waals surface area contributed by atoms with Gasteiger partial charge in [-0.15, -0.1) is 0 Å². The van der Waals surface area contributed by atoms with Gasteiger partial charge in [0.05, 0.1) is 19.1 Å². The third kappa shape index (κ3) is 5.98. The van der Waals surface area contributed by atoms with Gasteiger partial charge in [-0.05, 0) is 49.1 Å². The lowest BCUT2D eigenvalue weighted by atomic mass is 10.1. The van der Waals surface area contributed by atoms with Crippen molar-refractivity contribution in [3.05, 3.63) is 53.6 Å². The molecule has 2 aromatic carbocycles. The molecule has 1 N–H and O–H groups in total. The summed E-state index contributed by atoms with van der Waals surface area (Å²) in [6.45, 7) is 1.60. The summed E-state index contributed by atoms with van der Waals surface area (Å²) in [6.07, 6.45) is 4.58. The second-order valence-corrected chi connectivity index (χ2v) is 9.51. The smallest absolute Gasteiger partial charge is 0.251 e. The quantitative estimate of drug-likeness (QED) is 0.673. The van der Waals surface area contributed by atoms with E-state index >= 15 is 0 Å². The molecule has 1 amide bonds. The molecule has 0 saturated carbocycles. The van der Waals surface area contributed by atoms with E-state index in [1.807, 2.05) is 12.1 Å². The van der Waals surface area contributed by atoms with E-state index in [9.17, 15) is 13.2 Å². The molecule has 0 bridgehead atoms. The van der Waals surface area contributed by atoms with Crippen molar-refractivity contribution in [2.75, 3.05) is 33.9 Å². The Balaban J connectivity index is 1.57. The average molecular weight is 447 g/mol. The Morgan fingerprint density at radius 1 is 0.935 bits per heavy atom. The van der Waals surface area contributed by atoms with Gasteiger partial charge in [0.15, 0.2) is 0 Å². The summed E-state index contributed by atoms with van der Waals surface area (Å²) >= 11 is 0. The van der Waals surface area contributed by atoms with Gasteiger partial charge in [-0.2, -0.15) is 4.31 Å². The zero-order chi connectivity index (χ0) is 22.3. The van der Waals surface area contributed by atoms with Crippen LogP contribution in [0.3, 0.4) is 0 Å². The number of hydrogen-bond donors (Lipinski definition) is 1. The first kappa shape index (κ1) is 23.1. The molecular weight excluding hydrogens is 416 g/mol. The van der Waals surface area contributed by atoms with Crippen LogP contribution in [0.4, 0.5) is 0 Å². The summed E-state index contributed by atoms with van der Waals surface area (Å²) in [5.74, 6) is 0.869. The second-order valence-electron chi connectivity index (χ2n) is 7.57. The summed E-state index contributed by atoms with van der Waals surface area (Å²) in [6, 6.07) is 11.9. The Morgan fingerprint density at radius 3 is 2.06 bits per heavy atom. The van der Waals surface area contributed by atoms with Crippen molar-refractivity contribution in [1.29, 1.82) is 0 Å². The zero-order valence-electron chi connectivity index (χ0n) is 18.1. The van der Waals surface area contributed by atoms with Gasteiger partial charge in [-0.25, -0.2) is 8.42 Å². The SMILES string of the molecule is COc1cc(OC)cc(C(=O)NCCc2ccc(S(=O)(=O)N3CCCCCC3)cc2)c1. The molecule has 7 nitrogen and oxygen atoms in total. The van der Waals surface area contributed by atoms with E-state index in [-0.39, 0.29) is 5.91 Å². The zero-order valence-corrected chi connectivity index (χ0v) is 18.9. The first-order chi connectivity index (χ1) is 14.9. The Kier molecular flexibility index (Phi) is 7.92. The van der Waals surface area contributed by atoms with Crippen LogP contribution in [-0.2, 0) is 16.4 Å². The molecule has 0 unspecified atom stereocenters. The molecule has 1 saturated heterocycles. The Hall–Kier alpha value is -2.58. The maximum absolute atomic E-state index is 12.9. The van der Waals surface area contributed by atoms with Crippen LogP contribution in [0.25, 0.3) is 0 Å². The number of methoxy groups -OCH3 is 2. The Morgan fingerprint density at radius 2 is 1.52 bits per heavy atom. The molecular formula is C23H30N2O5S. The first-order valence-corrected chi connectivity index (χ1v) is 12.0. The van der Waals surface area contributed by atoms with Crippen molar-refractivity contribution in [3.63, 3.8) is 0 Å². The molecule has 168 valence electrons. The van der Waals surface area contributed by atoms with E-state index in [0.29, 0.717) is 48.0 Å². The highest BCUT2D eigenvalue weighted by Crippen LogP contribution is 2.23.